The van der Waals surface area contributed by atoms with Crippen molar-refractivity contribution in [3.05, 3.63) is 11.8 Å². The summed E-state index contributed by atoms with van der Waals surface area (Å²) >= 11 is 0. The average Bonchev–Trinajstić information content (AvgIpc) is 2.34. The van der Waals surface area contributed by atoms with Crippen molar-refractivity contribution in [2.75, 3.05) is 0 Å². The lowest BCUT2D eigenvalue weighted by Gasteiger charge is -2.39. The lowest BCUT2D eigenvalue weighted by molar-refractivity contribution is 0.128. The van der Waals surface area contributed by atoms with Gasteiger partial charge in [-0.1, -0.05) is 20.8 Å². The maximum Gasteiger partial charge on any atom is 0.241 e. The lowest BCUT2D eigenvalue weighted by Crippen LogP contribution is -2.35. The SMILES string of the molecule is CC1(C)[C@H]2C=C(O[Si](C)(C)C)[C@]1(C)CC2. The third kappa shape index (κ3) is 1.49. The summed E-state index contributed by atoms with van der Waals surface area (Å²) in [6.45, 7) is 14.0. The standard InChI is InChI=1S/C13H24OSi/c1-12(2)10-7-8-13(12,3)11(9-10)14-15(4,5)6/h9-10H,7-8H2,1-6H3/t10-,13+/m1/s1. The fourth-order valence-electron chi connectivity index (χ4n) is 3.11. The Bertz CT molecular complexity index is 311. The van der Waals surface area contributed by atoms with Crippen LogP contribution >= 0.6 is 0 Å². The van der Waals surface area contributed by atoms with E-state index in [9.17, 15) is 0 Å². The molecule has 0 aliphatic heterocycles. The molecular weight excluding hydrogens is 200 g/mol. The second-order valence-corrected chi connectivity index (χ2v) is 11.4. The third-order valence-corrected chi connectivity index (χ3v) is 5.45. The molecule has 0 radical (unpaired) electrons. The second kappa shape index (κ2) is 2.91. The van der Waals surface area contributed by atoms with Gasteiger partial charge in [0.15, 0.2) is 0 Å². The van der Waals surface area contributed by atoms with Crippen molar-refractivity contribution in [3.8, 4) is 0 Å². The highest BCUT2D eigenvalue weighted by Crippen LogP contribution is 2.65. The minimum atomic E-state index is -1.44. The molecule has 0 spiro atoms. The van der Waals surface area contributed by atoms with Gasteiger partial charge in [0, 0.05) is 5.41 Å². The van der Waals surface area contributed by atoms with E-state index in [-0.39, 0.29) is 0 Å². The van der Waals surface area contributed by atoms with E-state index in [1.54, 1.807) is 0 Å². The van der Waals surface area contributed by atoms with Gasteiger partial charge in [0.2, 0.25) is 8.32 Å². The molecule has 0 unspecified atom stereocenters. The van der Waals surface area contributed by atoms with Gasteiger partial charge in [-0.3, -0.25) is 0 Å². The summed E-state index contributed by atoms with van der Waals surface area (Å²) in [5, 5.41) is 0. The Balaban J connectivity index is 2.28. The van der Waals surface area contributed by atoms with Crippen LogP contribution in [0.15, 0.2) is 11.8 Å². The van der Waals surface area contributed by atoms with E-state index in [0.717, 1.165) is 5.92 Å². The number of hydrogen-bond acceptors (Lipinski definition) is 1. The second-order valence-electron chi connectivity index (χ2n) is 6.94. The van der Waals surface area contributed by atoms with Gasteiger partial charge in [0.1, 0.15) is 0 Å². The van der Waals surface area contributed by atoms with Gasteiger partial charge in [0.25, 0.3) is 0 Å². The van der Waals surface area contributed by atoms with Crippen LogP contribution in [0.3, 0.4) is 0 Å². The van der Waals surface area contributed by atoms with Gasteiger partial charge in [0.05, 0.1) is 5.76 Å². The molecule has 0 aromatic heterocycles. The van der Waals surface area contributed by atoms with Crippen molar-refractivity contribution < 1.29 is 4.43 Å². The Kier molecular flexibility index (Phi) is 2.18. The van der Waals surface area contributed by atoms with Gasteiger partial charge in [-0.15, -0.1) is 0 Å². The molecule has 2 rings (SSSR count). The maximum atomic E-state index is 6.27. The zero-order chi connectivity index (χ0) is 11.5. The molecule has 0 heterocycles. The Labute approximate surface area is 95.0 Å². The maximum absolute atomic E-state index is 6.27. The molecule has 86 valence electrons. The predicted molar refractivity (Wildman–Crippen MR) is 67.1 cm³/mol. The molecule has 0 aromatic rings. The monoisotopic (exact) mass is 224 g/mol. The average molecular weight is 224 g/mol. The topological polar surface area (TPSA) is 9.23 Å². The third-order valence-electron chi connectivity index (χ3n) is 4.62. The highest BCUT2D eigenvalue weighted by atomic mass is 28.4. The smallest absolute Gasteiger partial charge is 0.241 e. The fraction of sp³-hybridized carbons (Fsp3) is 0.846. The van der Waals surface area contributed by atoms with Crippen molar-refractivity contribution in [2.24, 2.45) is 16.7 Å². The molecule has 2 aliphatic rings. The van der Waals surface area contributed by atoms with Gasteiger partial charge in [-0.25, -0.2) is 0 Å². The highest BCUT2D eigenvalue weighted by Gasteiger charge is 2.58. The molecule has 1 fully saturated rings. The van der Waals surface area contributed by atoms with Crippen molar-refractivity contribution in [1.82, 2.24) is 0 Å². The van der Waals surface area contributed by atoms with Crippen LogP contribution in [-0.2, 0) is 4.43 Å². The fourth-order valence-corrected chi connectivity index (χ4v) is 4.06. The molecule has 0 aromatic carbocycles. The Morgan fingerprint density at radius 2 is 1.87 bits per heavy atom. The van der Waals surface area contributed by atoms with Crippen LogP contribution in [-0.4, -0.2) is 8.32 Å². The van der Waals surface area contributed by atoms with E-state index >= 15 is 0 Å². The first-order valence-electron chi connectivity index (χ1n) is 6.08. The zero-order valence-corrected chi connectivity index (χ0v) is 12.0. The van der Waals surface area contributed by atoms with Gasteiger partial charge in [-0.05, 0) is 49.9 Å². The molecule has 2 aliphatic carbocycles. The summed E-state index contributed by atoms with van der Waals surface area (Å²) in [5.41, 5.74) is 0.708. The van der Waals surface area contributed by atoms with Crippen LogP contribution in [0.5, 0.6) is 0 Å². The molecule has 15 heavy (non-hydrogen) atoms. The summed E-state index contributed by atoms with van der Waals surface area (Å²) in [4.78, 5) is 0. The molecule has 2 heteroatoms. The van der Waals surface area contributed by atoms with Crippen molar-refractivity contribution in [1.29, 1.82) is 0 Å². The predicted octanol–water partition coefficient (Wildman–Crippen LogP) is 4.18. The zero-order valence-electron chi connectivity index (χ0n) is 11.0. The summed E-state index contributed by atoms with van der Waals surface area (Å²) in [5.74, 6) is 2.05. The number of hydrogen-bond donors (Lipinski definition) is 0. The molecule has 0 saturated heterocycles. The minimum absolute atomic E-state index is 0.304. The molecular formula is C13H24OSi. The van der Waals surface area contributed by atoms with Crippen LogP contribution in [0.4, 0.5) is 0 Å². The minimum Gasteiger partial charge on any atom is -0.547 e. The van der Waals surface area contributed by atoms with E-state index in [0.29, 0.717) is 10.8 Å². The van der Waals surface area contributed by atoms with E-state index in [1.807, 2.05) is 0 Å². The molecule has 0 N–H and O–H groups in total. The van der Waals surface area contributed by atoms with Gasteiger partial charge >= 0.3 is 0 Å². The molecule has 2 bridgehead atoms. The molecule has 0 amide bonds. The highest BCUT2D eigenvalue weighted by molar-refractivity contribution is 6.70. The Morgan fingerprint density at radius 1 is 1.27 bits per heavy atom. The van der Waals surface area contributed by atoms with E-state index in [1.165, 1.54) is 18.6 Å². The quantitative estimate of drug-likeness (QED) is 0.639. The van der Waals surface area contributed by atoms with Gasteiger partial charge in [-0.2, -0.15) is 0 Å². The first-order valence-corrected chi connectivity index (χ1v) is 9.49. The van der Waals surface area contributed by atoms with E-state index < -0.39 is 8.32 Å². The first-order chi connectivity index (χ1) is 6.67. The molecule has 2 atom stereocenters. The summed E-state index contributed by atoms with van der Waals surface area (Å²) in [6, 6.07) is 0. The lowest BCUT2D eigenvalue weighted by atomic mass is 9.70. The van der Waals surface area contributed by atoms with E-state index in [2.05, 4.69) is 46.5 Å². The normalized spacial score (nSPS) is 38.0. The van der Waals surface area contributed by atoms with Crippen molar-refractivity contribution >= 4 is 8.32 Å². The van der Waals surface area contributed by atoms with Crippen LogP contribution in [0.2, 0.25) is 19.6 Å². The van der Waals surface area contributed by atoms with Crippen LogP contribution in [0.25, 0.3) is 0 Å². The van der Waals surface area contributed by atoms with E-state index in [4.69, 9.17) is 4.43 Å². The summed E-state index contributed by atoms with van der Waals surface area (Å²) < 4.78 is 6.27. The Hall–Kier alpha value is -0.243. The largest absolute Gasteiger partial charge is 0.547 e. The van der Waals surface area contributed by atoms with Crippen LogP contribution in [0, 0.1) is 16.7 Å². The van der Waals surface area contributed by atoms with Crippen molar-refractivity contribution in [2.45, 2.75) is 53.3 Å². The van der Waals surface area contributed by atoms with Crippen LogP contribution in [0.1, 0.15) is 33.6 Å². The molecule has 1 saturated carbocycles. The summed E-state index contributed by atoms with van der Waals surface area (Å²) in [6.07, 6.45) is 5.07. The number of fused-ring (bicyclic) bond motifs is 2. The number of rotatable bonds is 2. The molecule has 1 nitrogen and oxygen atoms in total. The van der Waals surface area contributed by atoms with Crippen LogP contribution < -0.4 is 0 Å². The number of allylic oxidation sites excluding steroid dienone is 2. The summed E-state index contributed by atoms with van der Waals surface area (Å²) in [7, 11) is -1.44. The Morgan fingerprint density at radius 3 is 2.20 bits per heavy atom. The van der Waals surface area contributed by atoms with Gasteiger partial charge < -0.3 is 4.43 Å². The first kappa shape index (κ1) is 11.2. The van der Waals surface area contributed by atoms with Crippen molar-refractivity contribution in [3.63, 3.8) is 0 Å².